The number of aryl methyl sites for hydroxylation is 2. The highest BCUT2D eigenvalue weighted by Gasteiger charge is 2.30. The maximum Gasteiger partial charge on any atom is 0.409 e. The van der Waals surface area contributed by atoms with Crippen molar-refractivity contribution < 1.29 is 14.3 Å². The van der Waals surface area contributed by atoms with Gasteiger partial charge in [0, 0.05) is 30.2 Å². The molecule has 2 aromatic rings. The van der Waals surface area contributed by atoms with Crippen molar-refractivity contribution in [1.29, 1.82) is 0 Å². The number of hydrogen-bond acceptors (Lipinski definition) is 4. The van der Waals surface area contributed by atoms with Crippen LogP contribution in [0.4, 0.5) is 4.79 Å². The quantitative estimate of drug-likeness (QED) is 0.666. The molecule has 0 saturated carbocycles. The Labute approximate surface area is 170 Å². The minimum Gasteiger partial charge on any atom is -0.450 e. The lowest BCUT2D eigenvalue weighted by Crippen LogP contribution is -2.40. The third-order valence-corrected chi connectivity index (χ3v) is 5.32. The highest BCUT2D eigenvalue weighted by atomic mass is 35.5. The summed E-state index contributed by atoms with van der Waals surface area (Å²) in [5, 5.41) is 0.716. The molecule has 0 atom stereocenters. The maximum atomic E-state index is 13.1. The molecule has 1 saturated heterocycles. The molecule has 0 spiro atoms. The van der Waals surface area contributed by atoms with E-state index in [0.29, 0.717) is 43.3 Å². The van der Waals surface area contributed by atoms with Gasteiger partial charge in [0.15, 0.2) is 5.78 Å². The van der Waals surface area contributed by atoms with Gasteiger partial charge in [-0.3, -0.25) is 9.78 Å². The Balaban J connectivity index is 1.64. The molecule has 0 radical (unpaired) electrons. The first kappa shape index (κ1) is 20.3. The van der Waals surface area contributed by atoms with Gasteiger partial charge in [-0.2, -0.15) is 0 Å². The zero-order chi connectivity index (χ0) is 19.9. The van der Waals surface area contributed by atoms with Crippen LogP contribution in [0.3, 0.4) is 0 Å². The molecule has 148 valence electrons. The summed E-state index contributed by atoms with van der Waals surface area (Å²) in [6, 6.07) is 11.6. The number of nitrogens with zero attached hydrogens (tertiary/aromatic N) is 2. The van der Waals surface area contributed by atoms with Gasteiger partial charge in [-0.15, -0.1) is 0 Å². The van der Waals surface area contributed by atoms with Crippen molar-refractivity contribution in [2.45, 2.75) is 32.6 Å². The average molecular weight is 401 g/mol. The van der Waals surface area contributed by atoms with Crippen LogP contribution in [-0.2, 0) is 17.6 Å². The Morgan fingerprint density at radius 2 is 1.96 bits per heavy atom. The fourth-order valence-electron chi connectivity index (χ4n) is 3.57. The summed E-state index contributed by atoms with van der Waals surface area (Å²) >= 11 is 6.06. The van der Waals surface area contributed by atoms with E-state index in [-0.39, 0.29) is 17.8 Å². The molecule has 1 aliphatic heterocycles. The summed E-state index contributed by atoms with van der Waals surface area (Å²) in [6.45, 7) is 3.24. The number of hydrogen-bond donors (Lipinski definition) is 0. The Bertz CT molecular complexity index is 832. The van der Waals surface area contributed by atoms with Gasteiger partial charge in [0.2, 0.25) is 0 Å². The van der Waals surface area contributed by atoms with Crippen LogP contribution in [0.2, 0.25) is 5.02 Å². The number of ether oxygens (including phenoxy) is 1. The summed E-state index contributed by atoms with van der Waals surface area (Å²) in [5.74, 6) is -0.0318. The first-order valence-electron chi connectivity index (χ1n) is 9.72. The normalized spacial score (nSPS) is 14.7. The molecule has 0 unspecified atom stereocenters. The molecule has 0 bridgehead atoms. The molecule has 0 N–H and O–H groups in total. The number of benzene rings is 1. The van der Waals surface area contributed by atoms with Gasteiger partial charge in [0.1, 0.15) is 5.69 Å². The summed E-state index contributed by atoms with van der Waals surface area (Å²) in [7, 11) is 0. The second kappa shape index (κ2) is 9.69. The molecule has 2 heterocycles. The van der Waals surface area contributed by atoms with Crippen LogP contribution in [0.1, 0.15) is 41.4 Å². The highest BCUT2D eigenvalue weighted by Crippen LogP contribution is 2.24. The predicted molar refractivity (Wildman–Crippen MR) is 109 cm³/mol. The van der Waals surface area contributed by atoms with Crippen LogP contribution < -0.4 is 0 Å². The van der Waals surface area contributed by atoms with Crippen molar-refractivity contribution in [3.8, 4) is 0 Å². The lowest BCUT2D eigenvalue weighted by molar-refractivity contribution is 0.0749. The molecule has 6 heteroatoms. The van der Waals surface area contributed by atoms with Crippen LogP contribution in [0.25, 0.3) is 0 Å². The molecule has 1 aromatic heterocycles. The van der Waals surface area contributed by atoms with E-state index in [2.05, 4.69) is 4.98 Å². The minimum absolute atomic E-state index is 0.0743. The number of carbonyl (C=O) groups is 2. The second-order valence-electron chi connectivity index (χ2n) is 6.97. The van der Waals surface area contributed by atoms with Crippen molar-refractivity contribution in [2.75, 3.05) is 19.7 Å². The summed E-state index contributed by atoms with van der Waals surface area (Å²) in [5.41, 5.74) is 2.65. The fourth-order valence-corrected chi connectivity index (χ4v) is 3.78. The van der Waals surface area contributed by atoms with Gasteiger partial charge >= 0.3 is 6.09 Å². The fraction of sp³-hybridized carbons (Fsp3) is 0.409. The summed E-state index contributed by atoms with van der Waals surface area (Å²) < 4.78 is 5.04. The number of rotatable bonds is 6. The zero-order valence-corrected chi connectivity index (χ0v) is 16.8. The van der Waals surface area contributed by atoms with Gasteiger partial charge in [0.05, 0.1) is 6.61 Å². The number of carbonyl (C=O) groups excluding carboxylic acids is 2. The van der Waals surface area contributed by atoms with E-state index in [9.17, 15) is 9.59 Å². The predicted octanol–water partition coefficient (Wildman–Crippen LogP) is 4.57. The number of aromatic nitrogens is 1. The second-order valence-corrected chi connectivity index (χ2v) is 7.40. The van der Waals surface area contributed by atoms with Crippen LogP contribution in [0, 0.1) is 5.92 Å². The molecule has 1 aromatic carbocycles. The van der Waals surface area contributed by atoms with E-state index in [0.717, 1.165) is 24.0 Å². The molecule has 1 aliphatic rings. The number of pyridine rings is 1. The number of Topliss-reactive ketones (excluding diaryl/α,β-unsaturated/α-hetero) is 1. The van der Waals surface area contributed by atoms with E-state index < -0.39 is 0 Å². The first-order valence-corrected chi connectivity index (χ1v) is 10.1. The Kier molecular flexibility index (Phi) is 7.04. The summed E-state index contributed by atoms with van der Waals surface area (Å²) in [6.07, 6.45) is 4.19. The number of halogens is 1. The van der Waals surface area contributed by atoms with Gasteiger partial charge in [-0.05, 0) is 61.9 Å². The van der Waals surface area contributed by atoms with E-state index in [1.54, 1.807) is 18.0 Å². The van der Waals surface area contributed by atoms with Gasteiger partial charge < -0.3 is 9.64 Å². The van der Waals surface area contributed by atoms with Crippen LogP contribution in [-0.4, -0.2) is 41.5 Å². The maximum absolute atomic E-state index is 13.1. The third kappa shape index (κ3) is 5.10. The average Bonchev–Trinajstić information content (AvgIpc) is 2.72. The molecular formula is C22H25ClN2O3. The van der Waals surface area contributed by atoms with E-state index in [4.69, 9.17) is 16.3 Å². The third-order valence-electron chi connectivity index (χ3n) is 5.09. The van der Waals surface area contributed by atoms with Crippen molar-refractivity contribution in [2.24, 2.45) is 5.92 Å². The van der Waals surface area contributed by atoms with E-state index in [1.165, 1.54) is 0 Å². The number of likely N-dealkylation sites (tertiary alicyclic amines) is 1. The molecule has 28 heavy (non-hydrogen) atoms. The van der Waals surface area contributed by atoms with Crippen molar-refractivity contribution in [3.63, 3.8) is 0 Å². The molecular weight excluding hydrogens is 376 g/mol. The van der Waals surface area contributed by atoms with E-state index in [1.807, 2.05) is 36.4 Å². The molecule has 5 nitrogen and oxygen atoms in total. The molecule has 0 aliphatic carbocycles. The topological polar surface area (TPSA) is 59.5 Å². The Morgan fingerprint density at radius 1 is 1.18 bits per heavy atom. The molecule has 1 amide bonds. The first-order chi connectivity index (χ1) is 13.6. The minimum atomic E-state index is -0.298. The van der Waals surface area contributed by atoms with Crippen molar-refractivity contribution >= 4 is 23.5 Å². The SMILES string of the molecule is CCOC(=O)N1CCC(C(=O)c2ncccc2CCc2cccc(Cl)c2)CC1. The smallest absolute Gasteiger partial charge is 0.409 e. The van der Waals surface area contributed by atoms with Gasteiger partial charge in [0.25, 0.3) is 0 Å². The Morgan fingerprint density at radius 3 is 2.68 bits per heavy atom. The molecule has 3 rings (SSSR count). The monoisotopic (exact) mass is 400 g/mol. The largest absolute Gasteiger partial charge is 0.450 e. The summed E-state index contributed by atoms with van der Waals surface area (Å²) in [4.78, 5) is 31.0. The van der Waals surface area contributed by atoms with Crippen LogP contribution in [0.5, 0.6) is 0 Å². The van der Waals surface area contributed by atoms with Gasteiger partial charge in [-0.25, -0.2) is 4.79 Å². The number of ketones is 1. The number of amides is 1. The van der Waals surface area contributed by atoms with Gasteiger partial charge in [-0.1, -0.05) is 29.8 Å². The lowest BCUT2D eigenvalue weighted by atomic mass is 9.88. The lowest BCUT2D eigenvalue weighted by Gasteiger charge is -2.30. The van der Waals surface area contributed by atoms with Crippen molar-refractivity contribution in [3.05, 3.63) is 64.4 Å². The standard InChI is InChI=1S/C22H25ClN2O3/c1-2-28-22(27)25-13-10-18(11-14-25)21(26)20-17(6-4-12-24-20)9-8-16-5-3-7-19(23)15-16/h3-7,12,15,18H,2,8-11,13-14H2,1H3. The Hall–Kier alpha value is -2.40. The highest BCUT2D eigenvalue weighted by molar-refractivity contribution is 6.30. The molecule has 1 fully saturated rings. The van der Waals surface area contributed by atoms with Crippen molar-refractivity contribution in [1.82, 2.24) is 9.88 Å². The zero-order valence-electron chi connectivity index (χ0n) is 16.1. The van der Waals surface area contributed by atoms with Crippen LogP contribution >= 0.6 is 11.6 Å². The van der Waals surface area contributed by atoms with E-state index >= 15 is 0 Å². The number of piperidine rings is 1. The van der Waals surface area contributed by atoms with Crippen LogP contribution in [0.15, 0.2) is 42.6 Å².